The van der Waals surface area contributed by atoms with Crippen molar-refractivity contribution >= 4 is 26.0 Å². The second-order valence-corrected chi connectivity index (χ2v) is 8.67. The van der Waals surface area contributed by atoms with E-state index in [1.807, 2.05) is 0 Å². The van der Waals surface area contributed by atoms with Gasteiger partial charge in [-0.3, -0.25) is 0 Å². The molecule has 0 unspecified atom stereocenters. The van der Waals surface area contributed by atoms with Gasteiger partial charge < -0.3 is 5.11 Å². The van der Waals surface area contributed by atoms with Crippen LogP contribution in [0, 0.1) is 11.8 Å². The van der Waals surface area contributed by atoms with E-state index in [1.54, 1.807) is 24.3 Å². The molecule has 0 aromatic heterocycles. The highest BCUT2D eigenvalue weighted by atomic mass is 79.9. The summed E-state index contributed by atoms with van der Waals surface area (Å²) in [6.07, 6.45) is 2.75. The number of hydrogen-bond donors (Lipinski definition) is 2. The predicted octanol–water partition coefficient (Wildman–Crippen LogP) is 3.55. The number of rotatable bonds is 9. The van der Waals surface area contributed by atoms with Gasteiger partial charge in [-0.15, -0.1) is 0 Å². The van der Waals surface area contributed by atoms with E-state index >= 15 is 0 Å². The number of hydrogen-bond acceptors (Lipinski definition) is 3. The molecule has 0 saturated carbocycles. The number of sulfonamides is 1. The van der Waals surface area contributed by atoms with E-state index in [0.29, 0.717) is 5.92 Å². The zero-order valence-electron chi connectivity index (χ0n) is 13.4. The third kappa shape index (κ3) is 5.99. The van der Waals surface area contributed by atoms with E-state index in [1.165, 1.54) is 0 Å². The fourth-order valence-electron chi connectivity index (χ4n) is 2.62. The topological polar surface area (TPSA) is 66.4 Å². The third-order valence-corrected chi connectivity index (χ3v) is 5.66. The van der Waals surface area contributed by atoms with E-state index in [4.69, 9.17) is 0 Å². The number of nitrogens with one attached hydrogen (secondary N) is 1. The monoisotopic (exact) mass is 391 g/mol. The lowest BCUT2D eigenvalue weighted by Crippen LogP contribution is -2.43. The molecule has 4 nitrogen and oxygen atoms in total. The quantitative estimate of drug-likeness (QED) is 0.676. The summed E-state index contributed by atoms with van der Waals surface area (Å²) in [4.78, 5) is 0.217. The van der Waals surface area contributed by atoms with Crippen LogP contribution in [0.15, 0.2) is 33.6 Å². The van der Waals surface area contributed by atoms with Crippen LogP contribution in [0.5, 0.6) is 0 Å². The lowest BCUT2D eigenvalue weighted by Gasteiger charge is -2.27. The Balaban J connectivity index is 2.92. The molecule has 6 heteroatoms. The summed E-state index contributed by atoms with van der Waals surface area (Å²) in [5, 5.41) is 9.66. The molecule has 0 aliphatic rings. The maximum Gasteiger partial charge on any atom is 0.240 e. The summed E-state index contributed by atoms with van der Waals surface area (Å²) in [5.74, 6) is 0.600. The van der Waals surface area contributed by atoms with Crippen LogP contribution in [0.3, 0.4) is 0 Å². The van der Waals surface area contributed by atoms with Crippen LogP contribution < -0.4 is 4.72 Å². The van der Waals surface area contributed by atoms with Crippen molar-refractivity contribution in [2.75, 3.05) is 6.61 Å². The number of benzene rings is 1. The van der Waals surface area contributed by atoms with E-state index in [9.17, 15) is 13.5 Å². The van der Waals surface area contributed by atoms with Gasteiger partial charge in [0, 0.05) is 10.5 Å². The van der Waals surface area contributed by atoms with Gasteiger partial charge in [-0.2, -0.15) is 0 Å². The average molecular weight is 392 g/mol. The Labute approximate surface area is 142 Å². The molecular weight excluding hydrogens is 366 g/mol. The molecule has 1 aromatic rings. The van der Waals surface area contributed by atoms with Gasteiger partial charge in [-0.25, -0.2) is 13.1 Å². The van der Waals surface area contributed by atoms with Gasteiger partial charge in [0.1, 0.15) is 0 Å². The van der Waals surface area contributed by atoms with Gasteiger partial charge in [0.15, 0.2) is 0 Å². The summed E-state index contributed by atoms with van der Waals surface area (Å²) in [7, 11) is -3.62. The van der Waals surface area contributed by atoms with Crippen molar-refractivity contribution in [3.63, 3.8) is 0 Å². The van der Waals surface area contributed by atoms with Gasteiger partial charge in [0.2, 0.25) is 10.0 Å². The number of aliphatic hydroxyl groups is 1. The first kappa shape index (κ1) is 19.6. The van der Waals surface area contributed by atoms with Gasteiger partial charge in [-0.1, -0.05) is 43.1 Å². The van der Waals surface area contributed by atoms with Crippen LogP contribution in [0.2, 0.25) is 0 Å². The molecule has 0 bridgehead atoms. The summed E-state index contributed by atoms with van der Waals surface area (Å²) >= 11 is 3.29. The standard InChI is InChI=1S/C16H26BrNO3S/c1-4-5-13(10-12(2)3)16(11-19)18-22(20,21)15-8-6-14(17)7-9-15/h6-9,12-13,16,18-19H,4-5,10-11H2,1-3H3/t13-,16-/m1/s1. The Morgan fingerprint density at radius 3 is 2.27 bits per heavy atom. The van der Waals surface area contributed by atoms with Crippen molar-refractivity contribution < 1.29 is 13.5 Å². The zero-order chi connectivity index (χ0) is 16.8. The Bertz CT molecular complexity index is 543. The van der Waals surface area contributed by atoms with Gasteiger partial charge in [0.05, 0.1) is 11.5 Å². The van der Waals surface area contributed by atoms with Crippen LogP contribution in [0.25, 0.3) is 0 Å². The molecule has 0 radical (unpaired) electrons. The molecule has 2 N–H and O–H groups in total. The van der Waals surface area contributed by atoms with Gasteiger partial charge >= 0.3 is 0 Å². The third-order valence-electron chi connectivity index (χ3n) is 3.63. The Hall–Kier alpha value is -0.430. The molecule has 0 aliphatic heterocycles. The lowest BCUT2D eigenvalue weighted by atomic mass is 9.87. The average Bonchev–Trinajstić information content (AvgIpc) is 2.44. The molecule has 2 atom stereocenters. The minimum absolute atomic E-state index is 0.139. The molecule has 0 saturated heterocycles. The van der Waals surface area contributed by atoms with Crippen molar-refractivity contribution in [1.82, 2.24) is 4.72 Å². The number of halogens is 1. The molecule has 0 heterocycles. The summed E-state index contributed by atoms with van der Waals surface area (Å²) in [6, 6.07) is 6.05. The Kier molecular flexibility index (Phi) is 8.03. The molecular formula is C16H26BrNO3S. The van der Waals surface area contributed by atoms with E-state index in [2.05, 4.69) is 41.4 Å². The molecule has 0 spiro atoms. The summed E-state index contributed by atoms with van der Waals surface area (Å²) < 4.78 is 28.4. The van der Waals surface area contributed by atoms with Crippen molar-refractivity contribution in [3.05, 3.63) is 28.7 Å². The Morgan fingerprint density at radius 2 is 1.82 bits per heavy atom. The highest BCUT2D eigenvalue weighted by molar-refractivity contribution is 9.10. The molecule has 0 aliphatic carbocycles. The van der Waals surface area contributed by atoms with Crippen LogP contribution >= 0.6 is 15.9 Å². The maximum atomic E-state index is 12.5. The fourth-order valence-corrected chi connectivity index (χ4v) is 4.18. The Morgan fingerprint density at radius 1 is 1.23 bits per heavy atom. The molecule has 1 rings (SSSR count). The molecule has 22 heavy (non-hydrogen) atoms. The van der Waals surface area contributed by atoms with Crippen molar-refractivity contribution in [2.45, 2.75) is 51.0 Å². The molecule has 126 valence electrons. The minimum Gasteiger partial charge on any atom is -0.395 e. The first-order valence-corrected chi connectivity index (χ1v) is 9.96. The zero-order valence-corrected chi connectivity index (χ0v) is 15.8. The van der Waals surface area contributed by atoms with Crippen LogP contribution in [-0.2, 0) is 10.0 Å². The highest BCUT2D eigenvalue weighted by Crippen LogP contribution is 2.23. The van der Waals surface area contributed by atoms with Crippen molar-refractivity contribution in [1.29, 1.82) is 0 Å². The van der Waals surface area contributed by atoms with Crippen molar-refractivity contribution in [3.8, 4) is 0 Å². The van der Waals surface area contributed by atoms with E-state index in [-0.39, 0.29) is 17.4 Å². The lowest BCUT2D eigenvalue weighted by molar-refractivity contribution is 0.193. The second-order valence-electron chi connectivity index (χ2n) is 6.04. The first-order chi connectivity index (χ1) is 10.3. The van der Waals surface area contributed by atoms with Gasteiger partial charge in [-0.05, 0) is 48.9 Å². The van der Waals surface area contributed by atoms with Crippen LogP contribution in [0.1, 0.15) is 40.0 Å². The van der Waals surface area contributed by atoms with Crippen LogP contribution in [-0.4, -0.2) is 26.2 Å². The predicted molar refractivity (Wildman–Crippen MR) is 93.2 cm³/mol. The van der Waals surface area contributed by atoms with Crippen molar-refractivity contribution in [2.24, 2.45) is 11.8 Å². The summed E-state index contributed by atoms with van der Waals surface area (Å²) in [6.45, 7) is 6.11. The number of aliphatic hydroxyl groups excluding tert-OH is 1. The summed E-state index contributed by atoms with van der Waals surface area (Å²) in [5.41, 5.74) is 0. The largest absolute Gasteiger partial charge is 0.395 e. The fraction of sp³-hybridized carbons (Fsp3) is 0.625. The van der Waals surface area contributed by atoms with Gasteiger partial charge in [0.25, 0.3) is 0 Å². The SMILES string of the molecule is CCC[C@H](CC(C)C)[C@@H](CO)NS(=O)(=O)c1ccc(Br)cc1. The molecule has 1 aromatic carbocycles. The normalized spacial score (nSPS) is 15.0. The maximum absolute atomic E-state index is 12.5. The highest BCUT2D eigenvalue weighted by Gasteiger charge is 2.26. The smallest absolute Gasteiger partial charge is 0.240 e. The molecule has 0 amide bonds. The van der Waals surface area contributed by atoms with E-state index in [0.717, 1.165) is 23.7 Å². The first-order valence-electron chi connectivity index (χ1n) is 7.68. The molecule has 0 fully saturated rings. The second kappa shape index (κ2) is 9.01. The minimum atomic E-state index is -3.62. The van der Waals surface area contributed by atoms with E-state index < -0.39 is 16.1 Å². The van der Waals surface area contributed by atoms with Crippen LogP contribution in [0.4, 0.5) is 0 Å².